The quantitative estimate of drug-likeness (QED) is 0.689. The Morgan fingerprint density at radius 2 is 2.19 bits per heavy atom. The number of benzene rings is 1. The highest BCUT2D eigenvalue weighted by Crippen LogP contribution is 2.19. The highest BCUT2D eigenvalue weighted by Gasteiger charge is 2.23. The molecule has 136 valence electrons. The van der Waals surface area contributed by atoms with Crippen LogP contribution in [0.5, 0.6) is 0 Å². The summed E-state index contributed by atoms with van der Waals surface area (Å²) in [4.78, 5) is 19.7. The second-order valence-corrected chi connectivity index (χ2v) is 7.03. The first-order valence-corrected chi connectivity index (χ1v) is 8.94. The number of likely N-dealkylation sites (N-methyl/N-ethyl adjacent to an activating group) is 1. The fourth-order valence-corrected chi connectivity index (χ4v) is 3.32. The van der Waals surface area contributed by atoms with E-state index in [0.717, 1.165) is 4.88 Å². The van der Waals surface area contributed by atoms with Crippen LogP contribution in [0.3, 0.4) is 0 Å². The van der Waals surface area contributed by atoms with E-state index in [0.29, 0.717) is 23.7 Å². The molecule has 3 rings (SSSR count). The van der Waals surface area contributed by atoms with Crippen molar-refractivity contribution >= 4 is 17.2 Å². The van der Waals surface area contributed by atoms with Gasteiger partial charge < -0.3 is 9.84 Å². The summed E-state index contributed by atoms with van der Waals surface area (Å²) >= 11 is 1.62. The van der Waals surface area contributed by atoms with Gasteiger partial charge in [0.25, 0.3) is 0 Å². The van der Waals surface area contributed by atoms with Crippen molar-refractivity contribution in [3.63, 3.8) is 0 Å². The lowest BCUT2D eigenvalue weighted by Gasteiger charge is -2.23. The van der Waals surface area contributed by atoms with Crippen LogP contribution < -0.4 is 5.32 Å². The third-order valence-corrected chi connectivity index (χ3v) is 4.64. The fourth-order valence-electron chi connectivity index (χ4n) is 2.62. The van der Waals surface area contributed by atoms with Crippen molar-refractivity contribution in [1.29, 1.82) is 0 Å². The van der Waals surface area contributed by atoms with E-state index in [1.807, 2.05) is 17.5 Å². The lowest BCUT2D eigenvalue weighted by Crippen LogP contribution is -2.36. The molecule has 0 spiro atoms. The van der Waals surface area contributed by atoms with Gasteiger partial charge in [-0.15, -0.1) is 11.3 Å². The summed E-state index contributed by atoms with van der Waals surface area (Å²) in [7, 11) is 3.53. The Morgan fingerprint density at radius 1 is 1.35 bits per heavy atom. The van der Waals surface area contributed by atoms with Gasteiger partial charge in [0, 0.05) is 11.3 Å². The van der Waals surface area contributed by atoms with Gasteiger partial charge in [0.15, 0.2) is 5.82 Å². The van der Waals surface area contributed by atoms with E-state index in [1.165, 1.54) is 12.1 Å². The lowest BCUT2D eigenvalue weighted by atomic mass is 10.1. The minimum atomic E-state index is -0.612. The van der Waals surface area contributed by atoms with Crippen molar-refractivity contribution in [3.8, 4) is 0 Å². The van der Waals surface area contributed by atoms with Crippen LogP contribution in [0.4, 0.5) is 4.39 Å². The third-order valence-electron chi connectivity index (χ3n) is 3.77. The number of hydrogen-bond acceptors (Lipinski definition) is 6. The van der Waals surface area contributed by atoms with Gasteiger partial charge in [0.05, 0.1) is 6.54 Å². The van der Waals surface area contributed by atoms with E-state index in [-0.39, 0.29) is 18.3 Å². The number of amides is 1. The Balaban J connectivity index is 1.62. The second kappa shape index (κ2) is 8.20. The van der Waals surface area contributed by atoms with Gasteiger partial charge >= 0.3 is 0 Å². The summed E-state index contributed by atoms with van der Waals surface area (Å²) in [5.41, 5.74) is 0.580. The standard InChI is InChI=1S/C18H19FN4O2S/c1-23(2)17(12-5-3-6-13(19)9-12)18(24)20-11-16-21-15(22-25-16)10-14-7-4-8-26-14/h3-9,17H,10-11H2,1-2H3,(H,20,24). The van der Waals surface area contributed by atoms with Crippen LogP contribution in [0.15, 0.2) is 46.3 Å². The molecule has 0 radical (unpaired) electrons. The molecule has 1 N–H and O–H groups in total. The molecule has 0 saturated heterocycles. The average molecular weight is 374 g/mol. The fraction of sp³-hybridized carbons (Fsp3) is 0.278. The maximum atomic E-state index is 13.5. The first-order valence-electron chi connectivity index (χ1n) is 8.06. The SMILES string of the molecule is CN(C)C(C(=O)NCc1nc(Cc2cccs2)no1)c1cccc(F)c1. The number of halogens is 1. The molecular weight excluding hydrogens is 355 g/mol. The van der Waals surface area contributed by atoms with Gasteiger partial charge in [-0.25, -0.2) is 4.39 Å². The van der Waals surface area contributed by atoms with E-state index >= 15 is 0 Å². The van der Waals surface area contributed by atoms with Crippen LogP contribution in [-0.4, -0.2) is 35.0 Å². The molecule has 1 unspecified atom stereocenters. The molecule has 0 aliphatic heterocycles. The van der Waals surface area contributed by atoms with Crippen molar-refractivity contribution in [2.75, 3.05) is 14.1 Å². The zero-order chi connectivity index (χ0) is 18.5. The van der Waals surface area contributed by atoms with Crippen LogP contribution >= 0.6 is 11.3 Å². The Hall–Kier alpha value is -2.58. The first-order chi connectivity index (χ1) is 12.5. The molecule has 2 heterocycles. The van der Waals surface area contributed by atoms with Crippen LogP contribution in [0.1, 0.15) is 28.2 Å². The summed E-state index contributed by atoms with van der Waals surface area (Å²) < 4.78 is 18.7. The maximum Gasteiger partial charge on any atom is 0.246 e. The number of aromatic nitrogens is 2. The number of nitrogens with zero attached hydrogens (tertiary/aromatic N) is 3. The molecule has 8 heteroatoms. The molecule has 2 aromatic heterocycles. The third kappa shape index (κ3) is 4.53. The van der Waals surface area contributed by atoms with Crippen LogP contribution in [0.25, 0.3) is 0 Å². The van der Waals surface area contributed by atoms with Gasteiger partial charge in [-0.2, -0.15) is 4.98 Å². The molecule has 0 bridgehead atoms. The summed E-state index contributed by atoms with van der Waals surface area (Å²) in [6.45, 7) is 0.121. The van der Waals surface area contributed by atoms with Crippen molar-refractivity contribution < 1.29 is 13.7 Å². The molecule has 0 aliphatic rings. The van der Waals surface area contributed by atoms with Crippen molar-refractivity contribution in [1.82, 2.24) is 20.4 Å². The number of hydrogen-bond donors (Lipinski definition) is 1. The van der Waals surface area contributed by atoms with Gasteiger partial charge in [-0.05, 0) is 43.2 Å². The van der Waals surface area contributed by atoms with Gasteiger partial charge in [0.2, 0.25) is 11.8 Å². The lowest BCUT2D eigenvalue weighted by molar-refractivity contribution is -0.126. The number of carbonyl (C=O) groups is 1. The summed E-state index contributed by atoms with van der Waals surface area (Å²) in [5.74, 6) is 0.267. The molecule has 6 nitrogen and oxygen atoms in total. The molecule has 0 fully saturated rings. The Labute approximate surface area is 154 Å². The summed E-state index contributed by atoms with van der Waals surface area (Å²) in [5, 5.41) is 8.69. The molecule has 1 amide bonds. The minimum Gasteiger partial charge on any atom is -0.345 e. The normalized spacial score (nSPS) is 12.3. The molecule has 3 aromatic rings. The van der Waals surface area contributed by atoms with Gasteiger partial charge in [0.1, 0.15) is 11.9 Å². The number of thiophene rings is 1. The van der Waals surface area contributed by atoms with E-state index in [2.05, 4.69) is 15.5 Å². The van der Waals surface area contributed by atoms with Crippen molar-refractivity contribution in [2.45, 2.75) is 19.0 Å². The van der Waals surface area contributed by atoms with Crippen LogP contribution in [-0.2, 0) is 17.8 Å². The maximum absolute atomic E-state index is 13.5. The molecule has 26 heavy (non-hydrogen) atoms. The smallest absolute Gasteiger partial charge is 0.246 e. The first kappa shape index (κ1) is 18.2. The molecule has 1 aromatic carbocycles. The largest absolute Gasteiger partial charge is 0.345 e. The Bertz CT molecular complexity index is 864. The van der Waals surface area contributed by atoms with E-state index in [1.54, 1.807) is 42.5 Å². The summed E-state index contributed by atoms with van der Waals surface area (Å²) in [6, 6.07) is 9.37. The van der Waals surface area contributed by atoms with Crippen LogP contribution in [0.2, 0.25) is 0 Å². The summed E-state index contributed by atoms with van der Waals surface area (Å²) in [6.07, 6.45) is 0.596. The molecule has 0 saturated carbocycles. The highest BCUT2D eigenvalue weighted by atomic mass is 32.1. The highest BCUT2D eigenvalue weighted by molar-refractivity contribution is 7.09. The number of carbonyl (C=O) groups excluding carboxylic acids is 1. The second-order valence-electron chi connectivity index (χ2n) is 6.00. The Kier molecular flexibility index (Phi) is 5.75. The monoisotopic (exact) mass is 374 g/mol. The van der Waals surface area contributed by atoms with Crippen molar-refractivity contribution in [3.05, 3.63) is 69.8 Å². The number of rotatable bonds is 7. The minimum absolute atomic E-state index is 0.121. The van der Waals surface area contributed by atoms with Crippen LogP contribution in [0, 0.1) is 5.82 Å². The van der Waals surface area contributed by atoms with Gasteiger partial charge in [-0.1, -0.05) is 23.4 Å². The van der Waals surface area contributed by atoms with E-state index in [4.69, 9.17) is 4.52 Å². The predicted octanol–water partition coefficient (Wildman–Crippen LogP) is 2.78. The molecule has 1 atom stereocenters. The Morgan fingerprint density at radius 3 is 2.88 bits per heavy atom. The zero-order valence-electron chi connectivity index (χ0n) is 14.5. The van der Waals surface area contributed by atoms with Gasteiger partial charge in [-0.3, -0.25) is 9.69 Å². The number of nitrogens with one attached hydrogen (secondary N) is 1. The topological polar surface area (TPSA) is 71.3 Å². The molecular formula is C18H19FN4O2S. The average Bonchev–Trinajstić information content (AvgIpc) is 3.25. The van der Waals surface area contributed by atoms with E-state index < -0.39 is 6.04 Å². The zero-order valence-corrected chi connectivity index (χ0v) is 15.3. The van der Waals surface area contributed by atoms with E-state index in [9.17, 15) is 9.18 Å². The predicted molar refractivity (Wildman–Crippen MR) is 96.1 cm³/mol. The molecule has 0 aliphatic carbocycles. The van der Waals surface area contributed by atoms with Crippen molar-refractivity contribution in [2.24, 2.45) is 0 Å².